The van der Waals surface area contributed by atoms with Crippen molar-refractivity contribution in [3.05, 3.63) is 33.8 Å². The number of carboxylic acid groups (broad SMARTS) is 1. The number of carbonyl (C=O) groups excluding carboxylic acids is 1. The number of aliphatic carboxylic acids is 1. The fourth-order valence-electron chi connectivity index (χ4n) is 2.15. The van der Waals surface area contributed by atoms with E-state index in [0.717, 1.165) is 10.0 Å². The highest BCUT2D eigenvalue weighted by molar-refractivity contribution is 9.10. The monoisotopic (exact) mass is 385 g/mol. The van der Waals surface area contributed by atoms with Crippen LogP contribution in [0.3, 0.4) is 0 Å². The zero-order valence-electron chi connectivity index (χ0n) is 13.8. The molecule has 1 N–H and O–H groups in total. The third-order valence-electron chi connectivity index (χ3n) is 3.48. The Hall–Kier alpha value is -1.40. The molecule has 0 aliphatic rings. The minimum atomic E-state index is -0.907. The molecule has 1 amide bonds. The summed E-state index contributed by atoms with van der Waals surface area (Å²) in [6.07, 6.45) is 0.676. The Bertz CT molecular complexity index is 547. The van der Waals surface area contributed by atoms with Gasteiger partial charge in [0.05, 0.1) is 11.5 Å². The van der Waals surface area contributed by atoms with Gasteiger partial charge in [-0.2, -0.15) is 0 Å². The highest BCUT2D eigenvalue weighted by atomic mass is 79.9. The molecule has 0 radical (unpaired) electrons. The SMILES string of the molecule is CCOCCCN(CC(C)C(=O)O)C(=O)c1ccc(C)cc1Br. The van der Waals surface area contributed by atoms with Crippen LogP contribution in [0.1, 0.15) is 36.2 Å². The second-order valence-corrected chi connectivity index (χ2v) is 6.38. The summed E-state index contributed by atoms with van der Waals surface area (Å²) in [5.41, 5.74) is 1.60. The van der Waals surface area contributed by atoms with E-state index in [-0.39, 0.29) is 12.5 Å². The molecule has 0 fully saturated rings. The molecule has 0 heterocycles. The van der Waals surface area contributed by atoms with Crippen molar-refractivity contribution >= 4 is 27.8 Å². The molecular formula is C17H24BrNO4. The number of benzene rings is 1. The van der Waals surface area contributed by atoms with Gasteiger partial charge in [0.25, 0.3) is 5.91 Å². The molecule has 5 nitrogen and oxygen atoms in total. The molecule has 0 saturated heterocycles. The van der Waals surface area contributed by atoms with Crippen molar-refractivity contribution in [1.82, 2.24) is 4.90 Å². The molecule has 23 heavy (non-hydrogen) atoms. The maximum Gasteiger partial charge on any atom is 0.308 e. The number of ether oxygens (including phenoxy) is 1. The number of rotatable bonds is 9. The van der Waals surface area contributed by atoms with E-state index in [1.54, 1.807) is 17.9 Å². The summed E-state index contributed by atoms with van der Waals surface area (Å²) >= 11 is 3.42. The van der Waals surface area contributed by atoms with Gasteiger partial charge in [0.1, 0.15) is 0 Å². The first-order valence-corrected chi connectivity index (χ1v) is 8.52. The van der Waals surface area contributed by atoms with Gasteiger partial charge < -0.3 is 14.7 Å². The Morgan fingerprint density at radius 2 is 2.09 bits per heavy atom. The first-order chi connectivity index (χ1) is 10.9. The molecule has 0 saturated carbocycles. The molecule has 0 aliphatic carbocycles. The van der Waals surface area contributed by atoms with E-state index < -0.39 is 11.9 Å². The van der Waals surface area contributed by atoms with Crippen molar-refractivity contribution in [2.24, 2.45) is 5.92 Å². The topological polar surface area (TPSA) is 66.8 Å². The number of hydrogen-bond acceptors (Lipinski definition) is 3. The van der Waals surface area contributed by atoms with Crippen LogP contribution in [0.25, 0.3) is 0 Å². The van der Waals surface area contributed by atoms with Gasteiger partial charge in [-0.05, 0) is 53.9 Å². The summed E-state index contributed by atoms with van der Waals surface area (Å²) < 4.78 is 6.02. The molecule has 1 aromatic carbocycles. The van der Waals surface area contributed by atoms with Crippen LogP contribution in [0.4, 0.5) is 0 Å². The second-order valence-electron chi connectivity index (χ2n) is 5.52. The van der Waals surface area contributed by atoms with Gasteiger partial charge >= 0.3 is 5.97 Å². The van der Waals surface area contributed by atoms with Crippen molar-refractivity contribution in [1.29, 1.82) is 0 Å². The number of nitrogens with zero attached hydrogens (tertiary/aromatic N) is 1. The lowest BCUT2D eigenvalue weighted by atomic mass is 10.1. The fourth-order valence-corrected chi connectivity index (χ4v) is 2.81. The average molecular weight is 386 g/mol. The van der Waals surface area contributed by atoms with Gasteiger partial charge in [0, 0.05) is 30.8 Å². The maximum absolute atomic E-state index is 12.8. The second kappa shape index (κ2) is 9.67. The van der Waals surface area contributed by atoms with Crippen molar-refractivity contribution in [3.8, 4) is 0 Å². The summed E-state index contributed by atoms with van der Waals surface area (Å²) in [7, 11) is 0. The Balaban J connectivity index is 2.87. The molecule has 0 bridgehead atoms. The minimum Gasteiger partial charge on any atom is -0.481 e. The summed E-state index contributed by atoms with van der Waals surface area (Å²) in [6, 6.07) is 5.52. The first kappa shape index (κ1) is 19.6. The number of aryl methyl sites for hydroxylation is 1. The highest BCUT2D eigenvalue weighted by Crippen LogP contribution is 2.21. The van der Waals surface area contributed by atoms with E-state index in [0.29, 0.717) is 31.7 Å². The molecule has 1 atom stereocenters. The number of amides is 1. The lowest BCUT2D eigenvalue weighted by Gasteiger charge is -2.25. The molecule has 0 spiro atoms. The largest absolute Gasteiger partial charge is 0.481 e. The molecular weight excluding hydrogens is 362 g/mol. The van der Waals surface area contributed by atoms with Crippen LogP contribution in [0, 0.1) is 12.8 Å². The fraction of sp³-hybridized carbons (Fsp3) is 0.529. The molecule has 0 aromatic heterocycles. The van der Waals surface area contributed by atoms with Crippen molar-refractivity contribution < 1.29 is 19.4 Å². The normalized spacial score (nSPS) is 12.0. The van der Waals surface area contributed by atoms with Crippen LogP contribution < -0.4 is 0 Å². The quantitative estimate of drug-likeness (QED) is 0.661. The van der Waals surface area contributed by atoms with E-state index in [4.69, 9.17) is 9.84 Å². The zero-order chi connectivity index (χ0) is 17.4. The van der Waals surface area contributed by atoms with Gasteiger partial charge in [-0.25, -0.2) is 0 Å². The Morgan fingerprint density at radius 3 is 2.65 bits per heavy atom. The van der Waals surface area contributed by atoms with Crippen LogP contribution in [-0.2, 0) is 9.53 Å². The zero-order valence-corrected chi connectivity index (χ0v) is 15.4. The predicted octanol–water partition coefficient (Wildman–Crippen LogP) is 3.35. The van der Waals surface area contributed by atoms with Crippen LogP contribution in [-0.4, -0.2) is 48.2 Å². The average Bonchev–Trinajstić information content (AvgIpc) is 2.49. The third kappa shape index (κ3) is 6.31. The van der Waals surface area contributed by atoms with Gasteiger partial charge in [-0.15, -0.1) is 0 Å². The van der Waals surface area contributed by atoms with E-state index in [1.165, 1.54) is 0 Å². The number of carbonyl (C=O) groups is 2. The summed E-state index contributed by atoms with van der Waals surface area (Å²) in [5, 5.41) is 9.11. The van der Waals surface area contributed by atoms with Crippen LogP contribution in [0.2, 0.25) is 0 Å². The van der Waals surface area contributed by atoms with E-state index in [9.17, 15) is 9.59 Å². The molecule has 1 rings (SSSR count). The smallest absolute Gasteiger partial charge is 0.308 e. The lowest BCUT2D eigenvalue weighted by molar-refractivity contribution is -0.141. The Kier molecular flexibility index (Phi) is 8.26. The van der Waals surface area contributed by atoms with Gasteiger partial charge in [0.15, 0.2) is 0 Å². The first-order valence-electron chi connectivity index (χ1n) is 7.72. The standard InChI is InChI=1S/C17H24BrNO4/c1-4-23-9-5-8-19(11-13(3)17(21)22)16(20)14-7-6-12(2)10-15(14)18/h6-7,10,13H,4-5,8-9,11H2,1-3H3,(H,21,22). The highest BCUT2D eigenvalue weighted by Gasteiger charge is 2.22. The Labute approximate surface area is 145 Å². The molecule has 0 aliphatic heterocycles. The van der Waals surface area contributed by atoms with Crippen LogP contribution in [0.5, 0.6) is 0 Å². The van der Waals surface area contributed by atoms with Crippen molar-refractivity contribution in [2.75, 3.05) is 26.3 Å². The summed E-state index contributed by atoms with van der Waals surface area (Å²) in [4.78, 5) is 25.5. The Morgan fingerprint density at radius 1 is 1.39 bits per heavy atom. The molecule has 1 unspecified atom stereocenters. The molecule has 6 heteroatoms. The maximum atomic E-state index is 12.8. The van der Waals surface area contributed by atoms with E-state index in [2.05, 4.69) is 15.9 Å². The van der Waals surface area contributed by atoms with Crippen LogP contribution >= 0.6 is 15.9 Å². The van der Waals surface area contributed by atoms with Gasteiger partial charge in [-0.3, -0.25) is 9.59 Å². The number of hydrogen-bond donors (Lipinski definition) is 1. The van der Waals surface area contributed by atoms with E-state index in [1.807, 2.05) is 26.0 Å². The number of carboxylic acids is 1. The van der Waals surface area contributed by atoms with Crippen LogP contribution in [0.15, 0.2) is 22.7 Å². The third-order valence-corrected chi connectivity index (χ3v) is 4.13. The minimum absolute atomic E-state index is 0.165. The van der Waals surface area contributed by atoms with Crippen molar-refractivity contribution in [3.63, 3.8) is 0 Å². The lowest BCUT2D eigenvalue weighted by Crippen LogP contribution is -2.38. The molecule has 1 aromatic rings. The van der Waals surface area contributed by atoms with Crippen molar-refractivity contribution in [2.45, 2.75) is 27.2 Å². The van der Waals surface area contributed by atoms with E-state index >= 15 is 0 Å². The number of halogens is 1. The summed E-state index contributed by atoms with van der Waals surface area (Å²) in [6.45, 7) is 7.30. The molecule has 128 valence electrons. The van der Waals surface area contributed by atoms with Gasteiger partial charge in [0.2, 0.25) is 0 Å². The summed E-state index contributed by atoms with van der Waals surface area (Å²) in [5.74, 6) is -1.69. The predicted molar refractivity (Wildman–Crippen MR) is 92.7 cm³/mol. The van der Waals surface area contributed by atoms with Gasteiger partial charge in [-0.1, -0.05) is 13.0 Å².